The van der Waals surface area contributed by atoms with E-state index < -0.39 is 49.5 Å². The number of nitrogens with one attached hydrogen (secondary N) is 1. The van der Waals surface area contributed by atoms with Crippen LogP contribution in [0.5, 0.6) is 0 Å². The van der Waals surface area contributed by atoms with Crippen molar-refractivity contribution in [3.8, 4) is 0 Å². The number of unbranched alkanes of at least 4 members (excludes halogenated alkanes) is 22. The molecule has 0 aromatic rings. The van der Waals surface area contributed by atoms with E-state index in [0.717, 1.165) is 116 Å². The summed E-state index contributed by atoms with van der Waals surface area (Å²) in [5.41, 5.74) is 0. The normalized spacial score (nSPS) is 20.0. The van der Waals surface area contributed by atoms with E-state index in [1.807, 2.05) is 6.08 Å². The SMILES string of the molecule is CCCC/C=C\C/C=C\CCCCCCCC(=O)OCCCCC/C=C\C=C/CCCCCCCCC(=O)NC(COC1OC(CO)C(O)C(O)C1O)C(O)/C=C/CC/C=C/CCCCCCC. The van der Waals surface area contributed by atoms with Crippen LogP contribution in [0, 0.1) is 0 Å². The van der Waals surface area contributed by atoms with Gasteiger partial charge in [0.15, 0.2) is 6.29 Å². The largest absolute Gasteiger partial charge is 0.466 e. The Balaban J connectivity index is 2.18. The number of hydrogen-bond acceptors (Lipinski definition) is 10. The van der Waals surface area contributed by atoms with Gasteiger partial charge < -0.3 is 45.1 Å². The van der Waals surface area contributed by atoms with Gasteiger partial charge >= 0.3 is 5.97 Å². The van der Waals surface area contributed by atoms with Crippen molar-refractivity contribution in [3.63, 3.8) is 0 Å². The van der Waals surface area contributed by atoms with E-state index in [4.69, 9.17) is 14.2 Å². The highest BCUT2D eigenvalue weighted by molar-refractivity contribution is 5.76. The number of rotatable bonds is 45. The van der Waals surface area contributed by atoms with Crippen molar-refractivity contribution in [3.05, 3.63) is 72.9 Å². The average molecular weight is 958 g/mol. The second-order valence-electron chi connectivity index (χ2n) is 18.6. The third kappa shape index (κ3) is 36.1. The molecule has 11 heteroatoms. The summed E-state index contributed by atoms with van der Waals surface area (Å²) < 4.78 is 16.6. The van der Waals surface area contributed by atoms with E-state index in [1.54, 1.807) is 6.08 Å². The lowest BCUT2D eigenvalue weighted by molar-refractivity contribution is -0.302. The highest BCUT2D eigenvalue weighted by atomic mass is 16.7. The molecule has 1 amide bonds. The summed E-state index contributed by atoms with van der Waals surface area (Å²) in [4.78, 5) is 25.0. The lowest BCUT2D eigenvalue weighted by Gasteiger charge is -2.40. The number of esters is 1. The molecular formula is C57H99NO10. The Morgan fingerprint density at radius 3 is 1.68 bits per heavy atom. The second-order valence-corrected chi connectivity index (χ2v) is 18.6. The van der Waals surface area contributed by atoms with E-state index in [-0.39, 0.29) is 18.5 Å². The van der Waals surface area contributed by atoms with Crippen LogP contribution < -0.4 is 5.32 Å². The van der Waals surface area contributed by atoms with Crippen LogP contribution >= 0.6 is 0 Å². The van der Waals surface area contributed by atoms with Crippen molar-refractivity contribution in [1.29, 1.82) is 0 Å². The predicted octanol–water partition coefficient (Wildman–Crippen LogP) is 11.7. The molecule has 392 valence electrons. The first-order valence-electron chi connectivity index (χ1n) is 27.2. The molecule has 7 atom stereocenters. The number of hydrogen-bond donors (Lipinski definition) is 6. The van der Waals surface area contributed by atoms with E-state index >= 15 is 0 Å². The first-order valence-corrected chi connectivity index (χ1v) is 27.2. The highest BCUT2D eigenvalue weighted by Gasteiger charge is 2.44. The maximum atomic E-state index is 13.0. The Labute approximate surface area is 413 Å². The van der Waals surface area contributed by atoms with Gasteiger partial charge in [0.1, 0.15) is 24.4 Å². The fourth-order valence-electron chi connectivity index (χ4n) is 7.87. The topological polar surface area (TPSA) is 175 Å². The van der Waals surface area contributed by atoms with Crippen LogP contribution in [0.25, 0.3) is 0 Å². The zero-order valence-electron chi connectivity index (χ0n) is 42.8. The van der Waals surface area contributed by atoms with Crippen molar-refractivity contribution in [2.24, 2.45) is 0 Å². The first kappa shape index (κ1) is 63.1. The van der Waals surface area contributed by atoms with Crippen LogP contribution in [-0.2, 0) is 23.8 Å². The molecule has 0 saturated carbocycles. The monoisotopic (exact) mass is 958 g/mol. The number of aliphatic hydroxyl groups is 5. The van der Waals surface area contributed by atoms with E-state index in [0.29, 0.717) is 19.4 Å². The van der Waals surface area contributed by atoms with Gasteiger partial charge in [-0.05, 0) is 103 Å². The predicted molar refractivity (Wildman–Crippen MR) is 278 cm³/mol. The molecule has 0 aromatic carbocycles. The van der Waals surface area contributed by atoms with Gasteiger partial charge in [-0.15, -0.1) is 0 Å². The Bertz CT molecular complexity index is 1360. The maximum Gasteiger partial charge on any atom is 0.305 e. The number of ether oxygens (including phenoxy) is 3. The minimum Gasteiger partial charge on any atom is -0.466 e. The molecule has 7 unspecified atom stereocenters. The summed E-state index contributed by atoms with van der Waals surface area (Å²) in [7, 11) is 0. The number of aliphatic hydroxyl groups excluding tert-OH is 5. The van der Waals surface area contributed by atoms with Crippen LogP contribution in [0.2, 0.25) is 0 Å². The second kappa shape index (κ2) is 46.5. The minimum absolute atomic E-state index is 0.0579. The molecule has 1 saturated heterocycles. The quantitative estimate of drug-likeness (QED) is 0.0149. The first-order chi connectivity index (χ1) is 33.2. The van der Waals surface area contributed by atoms with Gasteiger partial charge in [-0.3, -0.25) is 9.59 Å². The van der Waals surface area contributed by atoms with E-state index in [1.165, 1.54) is 70.6 Å². The number of carbonyl (C=O) groups excluding carboxylic acids is 2. The molecule has 0 bridgehead atoms. The van der Waals surface area contributed by atoms with Crippen molar-refractivity contribution in [2.75, 3.05) is 19.8 Å². The van der Waals surface area contributed by atoms with Gasteiger partial charge in [0, 0.05) is 12.8 Å². The Morgan fingerprint density at radius 2 is 1.06 bits per heavy atom. The fourth-order valence-corrected chi connectivity index (χ4v) is 7.87. The van der Waals surface area contributed by atoms with Crippen molar-refractivity contribution in [2.45, 2.75) is 256 Å². The van der Waals surface area contributed by atoms with E-state index in [2.05, 4.69) is 79.9 Å². The van der Waals surface area contributed by atoms with Crippen molar-refractivity contribution in [1.82, 2.24) is 5.32 Å². The van der Waals surface area contributed by atoms with Crippen LogP contribution in [0.3, 0.4) is 0 Å². The molecule has 1 aliphatic heterocycles. The molecular weight excluding hydrogens is 859 g/mol. The third-order valence-electron chi connectivity index (χ3n) is 12.3. The number of allylic oxidation sites excluding steroid dienone is 11. The maximum absolute atomic E-state index is 13.0. The van der Waals surface area contributed by atoms with Gasteiger partial charge in [0.25, 0.3) is 0 Å². The summed E-state index contributed by atoms with van der Waals surface area (Å²) in [6.07, 6.45) is 49.8. The Morgan fingerprint density at radius 1 is 0.559 bits per heavy atom. The smallest absolute Gasteiger partial charge is 0.305 e. The van der Waals surface area contributed by atoms with Gasteiger partial charge in [-0.25, -0.2) is 0 Å². The lowest BCUT2D eigenvalue weighted by atomic mass is 9.99. The zero-order valence-corrected chi connectivity index (χ0v) is 42.8. The lowest BCUT2D eigenvalue weighted by Crippen LogP contribution is -2.60. The summed E-state index contributed by atoms with van der Waals surface area (Å²) >= 11 is 0. The molecule has 68 heavy (non-hydrogen) atoms. The molecule has 0 spiro atoms. The van der Waals surface area contributed by atoms with Gasteiger partial charge in [-0.2, -0.15) is 0 Å². The van der Waals surface area contributed by atoms with Crippen LogP contribution in [0.4, 0.5) is 0 Å². The number of carbonyl (C=O) groups is 2. The average Bonchev–Trinajstić information content (AvgIpc) is 3.33. The fraction of sp³-hybridized carbons (Fsp3) is 0.754. The third-order valence-corrected chi connectivity index (χ3v) is 12.3. The molecule has 0 radical (unpaired) electrons. The molecule has 1 fully saturated rings. The molecule has 0 aliphatic carbocycles. The summed E-state index contributed by atoms with van der Waals surface area (Å²) in [6.45, 7) is 4.16. The van der Waals surface area contributed by atoms with Crippen molar-refractivity contribution >= 4 is 11.9 Å². The molecule has 11 nitrogen and oxygen atoms in total. The summed E-state index contributed by atoms with van der Waals surface area (Å²) in [6, 6.07) is -0.845. The molecule has 1 heterocycles. The molecule has 6 N–H and O–H groups in total. The van der Waals surface area contributed by atoms with Crippen molar-refractivity contribution < 1.29 is 49.3 Å². The highest BCUT2D eigenvalue weighted by Crippen LogP contribution is 2.22. The molecule has 1 aliphatic rings. The van der Waals surface area contributed by atoms with E-state index in [9.17, 15) is 35.1 Å². The van der Waals surface area contributed by atoms with Gasteiger partial charge in [0.05, 0.1) is 32.0 Å². The zero-order chi connectivity index (χ0) is 49.6. The number of amides is 1. The van der Waals surface area contributed by atoms with Gasteiger partial charge in [-0.1, -0.05) is 170 Å². The molecule has 1 rings (SSSR count). The Kier molecular flexibility index (Phi) is 43.1. The minimum atomic E-state index is -1.59. The Hall–Kier alpha value is -2.90. The van der Waals surface area contributed by atoms with Crippen LogP contribution in [0.1, 0.15) is 213 Å². The standard InChI is InChI=1S/C57H99NO10/c1-3-5-7-9-11-13-15-16-21-25-29-33-37-41-45-53(62)66-46-42-38-34-30-26-22-19-17-18-20-24-28-32-36-40-44-52(61)58-49(48-67-57-56(65)55(64)54(63)51(47-59)68-57)50(60)43-39-35-31-27-23-14-12-10-8-6-4-2/h9,11,15-17,19,22-23,26-27,39,43,49-51,54-57,59-60,63-65H,3-8,10,12-14,18,20-21,24-25,28-38,40-42,44-48H2,1-2H3,(H,58,61)/b11-9-,16-15-,19-17-,26-22-,27-23+,43-39+. The molecule has 0 aromatic heterocycles. The van der Waals surface area contributed by atoms with Gasteiger partial charge in [0.2, 0.25) is 5.91 Å². The van der Waals surface area contributed by atoms with Crippen LogP contribution in [-0.4, -0.2) is 100 Å². The summed E-state index contributed by atoms with van der Waals surface area (Å²) in [5.74, 6) is -0.277. The van der Waals surface area contributed by atoms with Crippen LogP contribution in [0.15, 0.2) is 72.9 Å². The summed E-state index contributed by atoms with van der Waals surface area (Å²) in [5, 5.41) is 54.2.